The summed E-state index contributed by atoms with van der Waals surface area (Å²) in [7, 11) is 0. The van der Waals surface area contributed by atoms with Gasteiger partial charge in [0.05, 0.1) is 5.69 Å². The molecule has 0 aliphatic carbocycles. The number of aromatic nitrogens is 1. The Labute approximate surface area is 167 Å². The summed E-state index contributed by atoms with van der Waals surface area (Å²) in [6, 6.07) is 15.2. The number of halogens is 1. The lowest BCUT2D eigenvalue weighted by molar-refractivity contribution is 0.243. The Bertz CT molecular complexity index is 941. The molecule has 5 nitrogen and oxygen atoms in total. The molecule has 2 aromatic carbocycles. The standard InChI is InChI=1S/C20H19ClN4OS/c21-16-5-7-17(8-6-16)22-19(26)24-20-23-18(13-27-20)12-25-10-9-14-3-1-2-4-15(14)11-25/h1-8,13H,9-12H2,(H2,22,23,24,26). The van der Waals surface area contributed by atoms with Crippen molar-refractivity contribution in [2.75, 3.05) is 17.2 Å². The number of hydrogen-bond acceptors (Lipinski definition) is 4. The number of urea groups is 1. The Morgan fingerprint density at radius 2 is 1.89 bits per heavy atom. The topological polar surface area (TPSA) is 57.3 Å². The predicted octanol–water partition coefficient (Wildman–Crippen LogP) is 5.00. The maximum atomic E-state index is 12.1. The van der Waals surface area contributed by atoms with E-state index >= 15 is 0 Å². The van der Waals surface area contributed by atoms with Crippen molar-refractivity contribution in [2.24, 2.45) is 0 Å². The number of anilines is 2. The van der Waals surface area contributed by atoms with Crippen LogP contribution >= 0.6 is 22.9 Å². The first-order valence-electron chi connectivity index (χ1n) is 8.73. The summed E-state index contributed by atoms with van der Waals surface area (Å²) in [5, 5.41) is 8.77. The van der Waals surface area contributed by atoms with Gasteiger partial charge in [-0.3, -0.25) is 10.2 Å². The minimum Gasteiger partial charge on any atom is -0.308 e. The van der Waals surface area contributed by atoms with Gasteiger partial charge in [-0.25, -0.2) is 9.78 Å². The van der Waals surface area contributed by atoms with Crippen LogP contribution in [0.25, 0.3) is 0 Å². The van der Waals surface area contributed by atoms with E-state index in [2.05, 4.69) is 44.8 Å². The van der Waals surface area contributed by atoms with Gasteiger partial charge in [-0.2, -0.15) is 0 Å². The van der Waals surface area contributed by atoms with Crippen LogP contribution in [0.1, 0.15) is 16.8 Å². The van der Waals surface area contributed by atoms with Gasteiger partial charge in [0.25, 0.3) is 0 Å². The Morgan fingerprint density at radius 1 is 1.11 bits per heavy atom. The summed E-state index contributed by atoms with van der Waals surface area (Å²) < 4.78 is 0. The van der Waals surface area contributed by atoms with E-state index in [4.69, 9.17) is 11.6 Å². The molecule has 0 unspecified atom stereocenters. The van der Waals surface area contributed by atoms with Gasteiger partial charge >= 0.3 is 6.03 Å². The zero-order valence-corrected chi connectivity index (χ0v) is 16.2. The molecule has 0 atom stereocenters. The maximum Gasteiger partial charge on any atom is 0.325 e. The summed E-state index contributed by atoms with van der Waals surface area (Å²) in [4.78, 5) is 19.0. The van der Waals surface area contributed by atoms with Gasteiger partial charge in [0.2, 0.25) is 0 Å². The highest BCUT2D eigenvalue weighted by Gasteiger charge is 2.17. The van der Waals surface area contributed by atoms with Gasteiger partial charge in [-0.15, -0.1) is 11.3 Å². The second-order valence-corrected chi connectivity index (χ2v) is 7.75. The Morgan fingerprint density at radius 3 is 2.70 bits per heavy atom. The minimum atomic E-state index is -0.315. The van der Waals surface area contributed by atoms with E-state index in [1.54, 1.807) is 24.3 Å². The van der Waals surface area contributed by atoms with Crippen LogP contribution in [0, 0.1) is 0 Å². The highest BCUT2D eigenvalue weighted by molar-refractivity contribution is 7.13. The van der Waals surface area contributed by atoms with Crippen LogP contribution in [0.15, 0.2) is 53.9 Å². The summed E-state index contributed by atoms with van der Waals surface area (Å²) in [5.74, 6) is 0. The third-order valence-corrected chi connectivity index (χ3v) is 5.53. The number of hydrogen-bond donors (Lipinski definition) is 2. The predicted molar refractivity (Wildman–Crippen MR) is 110 cm³/mol. The van der Waals surface area contributed by atoms with Gasteiger partial charge in [0.15, 0.2) is 5.13 Å². The fourth-order valence-corrected chi connectivity index (χ4v) is 3.97. The van der Waals surface area contributed by atoms with Crippen LogP contribution in [0.4, 0.5) is 15.6 Å². The van der Waals surface area contributed by atoms with Crippen LogP contribution in [0.2, 0.25) is 5.02 Å². The van der Waals surface area contributed by atoms with Crippen molar-refractivity contribution in [2.45, 2.75) is 19.5 Å². The highest BCUT2D eigenvalue weighted by Crippen LogP contribution is 2.22. The third-order valence-electron chi connectivity index (χ3n) is 4.47. The van der Waals surface area contributed by atoms with E-state index in [1.165, 1.54) is 22.5 Å². The molecule has 27 heavy (non-hydrogen) atoms. The summed E-state index contributed by atoms with van der Waals surface area (Å²) in [6.45, 7) is 2.74. The molecule has 0 radical (unpaired) electrons. The van der Waals surface area contributed by atoms with E-state index in [0.29, 0.717) is 15.8 Å². The molecule has 4 rings (SSSR count). The lowest BCUT2D eigenvalue weighted by atomic mass is 10.00. The highest BCUT2D eigenvalue weighted by atomic mass is 35.5. The average molecular weight is 399 g/mol. The van der Waals surface area contributed by atoms with Crippen molar-refractivity contribution in [3.05, 3.63) is 75.8 Å². The first-order valence-corrected chi connectivity index (χ1v) is 9.98. The molecular weight excluding hydrogens is 380 g/mol. The van der Waals surface area contributed by atoms with Crippen LogP contribution in [0.5, 0.6) is 0 Å². The number of amides is 2. The van der Waals surface area contributed by atoms with Crippen LogP contribution < -0.4 is 10.6 Å². The minimum absolute atomic E-state index is 0.315. The number of nitrogens with one attached hydrogen (secondary N) is 2. The molecule has 2 amide bonds. The zero-order valence-electron chi connectivity index (χ0n) is 14.6. The maximum absolute atomic E-state index is 12.1. The van der Waals surface area contributed by atoms with Gasteiger partial charge < -0.3 is 5.32 Å². The van der Waals surface area contributed by atoms with E-state index < -0.39 is 0 Å². The fraction of sp³-hybridized carbons (Fsp3) is 0.200. The second kappa shape index (κ2) is 8.08. The SMILES string of the molecule is O=C(Nc1ccc(Cl)cc1)Nc1nc(CN2CCc3ccccc3C2)cs1. The molecule has 7 heteroatoms. The third kappa shape index (κ3) is 4.66. The molecule has 0 fully saturated rings. The molecule has 1 aliphatic heterocycles. The molecule has 0 bridgehead atoms. The van der Waals surface area contributed by atoms with Gasteiger partial charge in [-0.1, -0.05) is 35.9 Å². The molecule has 0 spiro atoms. The van der Waals surface area contributed by atoms with Crippen LogP contribution in [0.3, 0.4) is 0 Å². The summed E-state index contributed by atoms with van der Waals surface area (Å²) >= 11 is 7.28. The van der Waals surface area contributed by atoms with Gasteiger partial charge in [-0.05, 0) is 41.8 Å². The molecule has 2 heterocycles. The lowest BCUT2D eigenvalue weighted by Crippen LogP contribution is -2.30. The van der Waals surface area contributed by atoms with Crippen LogP contribution in [-0.4, -0.2) is 22.5 Å². The van der Waals surface area contributed by atoms with Crippen molar-refractivity contribution in [1.82, 2.24) is 9.88 Å². The molecular formula is C20H19ClN4OS. The first kappa shape index (κ1) is 18.0. The lowest BCUT2D eigenvalue weighted by Gasteiger charge is -2.27. The number of fused-ring (bicyclic) bond motifs is 1. The van der Waals surface area contributed by atoms with Crippen molar-refractivity contribution in [1.29, 1.82) is 0 Å². The average Bonchev–Trinajstić information content (AvgIpc) is 3.10. The van der Waals surface area contributed by atoms with Gasteiger partial charge in [0, 0.05) is 35.7 Å². The number of nitrogens with zero attached hydrogens (tertiary/aromatic N) is 2. The Balaban J connectivity index is 1.32. The zero-order chi connectivity index (χ0) is 18.6. The van der Waals surface area contributed by atoms with E-state index in [-0.39, 0.29) is 6.03 Å². The monoisotopic (exact) mass is 398 g/mol. The van der Waals surface area contributed by atoms with E-state index in [1.807, 2.05) is 5.38 Å². The molecule has 138 valence electrons. The van der Waals surface area contributed by atoms with Crippen LogP contribution in [-0.2, 0) is 19.5 Å². The number of benzene rings is 2. The molecule has 3 aromatic rings. The van der Waals surface area contributed by atoms with Gasteiger partial charge in [0.1, 0.15) is 0 Å². The number of thiazole rings is 1. The molecule has 0 saturated heterocycles. The number of carbonyl (C=O) groups is 1. The van der Waals surface area contributed by atoms with Crippen molar-refractivity contribution in [3.63, 3.8) is 0 Å². The fourth-order valence-electron chi connectivity index (χ4n) is 3.15. The Kier molecular flexibility index (Phi) is 5.38. The number of rotatable bonds is 4. The number of carbonyl (C=O) groups excluding carboxylic acids is 1. The van der Waals surface area contributed by atoms with E-state index in [0.717, 1.165) is 31.7 Å². The normalized spacial score (nSPS) is 13.8. The first-order chi connectivity index (χ1) is 13.2. The molecule has 0 saturated carbocycles. The van der Waals surface area contributed by atoms with Crippen molar-refractivity contribution in [3.8, 4) is 0 Å². The molecule has 1 aliphatic rings. The largest absolute Gasteiger partial charge is 0.325 e. The summed E-state index contributed by atoms with van der Waals surface area (Å²) in [5.41, 5.74) is 4.48. The smallest absolute Gasteiger partial charge is 0.308 e. The van der Waals surface area contributed by atoms with E-state index in [9.17, 15) is 4.79 Å². The Hall–Kier alpha value is -2.41. The van der Waals surface area contributed by atoms with Crippen molar-refractivity contribution < 1.29 is 4.79 Å². The summed E-state index contributed by atoms with van der Waals surface area (Å²) in [6.07, 6.45) is 1.06. The molecule has 1 aromatic heterocycles. The van der Waals surface area contributed by atoms with Crippen molar-refractivity contribution >= 4 is 39.8 Å². The second-order valence-electron chi connectivity index (χ2n) is 6.46. The molecule has 2 N–H and O–H groups in total. The quantitative estimate of drug-likeness (QED) is 0.650.